The molecule has 0 aliphatic carbocycles. The fourth-order valence-corrected chi connectivity index (χ4v) is 4.40. The average Bonchev–Trinajstić information content (AvgIpc) is 2.63. The van der Waals surface area contributed by atoms with Gasteiger partial charge in [0.2, 0.25) is 15.9 Å². The quantitative estimate of drug-likeness (QED) is 0.727. The van der Waals surface area contributed by atoms with Crippen molar-refractivity contribution in [1.29, 1.82) is 0 Å². The molecular formula is C19H31N3O4S. The number of ether oxygens (including phenoxy) is 1. The van der Waals surface area contributed by atoms with Gasteiger partial charge in [-0.25, -0.2) is 8.42 Å². The molecule has 0 saturated carbocycles. The number of hydrogen-bond donors (Lipinski definition) is 1. The Hall–Kier alpha value is -1.48. The Morgan fingerprint density at radius 3 is 2.37 bits per heavy atom. The van der Waals surface area contributed by atoms with Gasteiger partial charge in [-0.1, -0.05) is 0 Å². The number of benzene rings is 1. The lowest BCUT2D eigenvalue weighted by atomic mass is 10.1. The molecule has 1 fully saturated rings. The number of carbonyl (C=O) groups excluding carboxylic acids is 1. The number of likely N-dealkylation sites (tertiary alicyclic amines) is 1. The summed E-state index contributed by atoms with van der Waals surface area (Å²) < 4.78 is 31.9. The molecule has 0 aromatic heterocycles. The van der Waals surface area contributed by atoms with Crippen molar-refractivity contribution >= 4 is 21.6 Å². The average molecular weight is 398 g/mol. The highest BCUT2D eigenvalue weighted by molar-refractivity contribution is 7.89. The van der Waals surface area contributed by atoms with Crippen molar-refractivity contribution in [2.45, 2.75) is 50.7 Å². The Labute approximate surface area is 162 Å². The van der Waals surface area contributed by atoms with E-state index in [2.05, 4.69) is 10.2 Å². The molecule has 0 unspecified atom stereocenters. The lowest BCUT2D eigenvalue weighted by Gasteiger charge is -2.31. The van der Waals surface area contributed by atoms with E-state index >= 15 is 0 Å². The number of nitrogens with one attached hydrogen (secondary N) is 1. The minimum atomic E-state index is -3.52. The summed E-state index contributed by atoms with van der Waals surface area (Å²) >= 11 is 0. The van der Waals surface area contributed by atoms with Crippen LogP contribution in [-0.4, -0.2) is 69.0 Å². The smallest absolute Gasteiger partial charge is 0.243 e. The molecule has 8 heteroatoms. The van der Waals surface area contributed by atoms with Crippen molar-refractivity contribution in [3.8, 4) is 0 Å². The number of sulfonamides is 1. The van der Waals surface area contributed by atoms with Gasteiger partial charge in [0.05, 0.1) is 17.5 Å². The second kappa shape index (κ2) is 9.64. The summed E-state index contributed by atoms with van der Waals surface area (Å²) in [5, 5.41) is 2.84. The standard InChI is InChI=1S/C19H31N3O4S/c1-5-26-17-10-12-22(13-11-17)14-19(23)20-16-6-8-18(9-7-16)27(24,25)21(4)15(2)3/h6-9,15,17H,5,10-14H2,1-4H3,(H,20,23). The summed E-state index contributed by atoms with van der Waals surface area (Å²) in [5.41, 5.74) is 0.593. The summed E-state index contributed by atoms with van der Waals surface area (Å²) in [5.74, 6) is -0.0974. The van der Waals surface area contributed by atoms with Crippen molar-refractivity contribution in [2.75, 3.05) is 38.6 Å². The maximum atomic E-state index is 12.5. The Morgan fingerprint density at radius 2 is 1.85 bits per heavy atom. The summed E-state index contributed by atoms with van der Waals surface area (Å²) in [6.07, 6.45) is 2.18. The molecule has 1 aromatic carbocycles. The molecule has 152 valence electrons. The monoisotopic (exact) mass is 397 g/mol. The van der Waals surface area contributed by atoms with Crippen molar-refractivity contribution in [1.82, 2.24) is 9.21 Å². The van der Waals surface area contributed by atoms with E-state index in [4.69, 9.17) is 4.74 Å². The van der Waals surface area contributed by atoms with Gasteiger partial charge in [-0.05, 0) is 57.9 Å². The second-order valence-electron chi connectivity index (χ2n) is 7.12. The highest BCUT2D eigenvalue weighted by Crippen LogP contribution is 2.19. The molecule has 1 aliphatic heterocycles. The van der Waals surface area contributed by atoms with Gasteiger partial charge in [-0.2, -0.15) is 4.31 Å². The van der Waals surface area contributed by atoms with Crippen molar-refractivity contribution in [2.24, 2.45) is 0 Å². The van der Waals surface area contributed by atoms with Crippen LogP contribution in [0.5, 0.6) is 0 Å². The molecule has 27 heavy (non-hydrogen) atoms. The molecule has 1 aliphatic rings. The number of nitrogens with zero attached hydrogens (tertiary/aromatic N) is 2. The first-order valence-corrected chi connectivity index (χ1v) is 10.9. The minimum absolute atomic E-state index is 0.0974. The van der Waals surface area contributed by atoms with Crippen LogP contribution in [0.2, 0.25) is 0 Å². The van der Waals surface area contributed by atoms with Gasteiger partial charge in [0.15, 0.2) is 0 Å². The molecule has 1 heterocycles. The highest BCUT2D eigenvalue weighted by atomic mass is 32.2. The van der Waals surface area contributed by atoms with Crippen LogP contribution in [0.3, 0.4) is 0 Å². The first-order valence-electron chi connectivity index (χ1n) is 9.46. The fraction of sp³-hybridized carbons (Fsp3) is 0.632. The van der Waals surface area contributed by atoms with Gasteiger partial charge in [0.25, 0.3) is 0 Å². The lowest BCUT2D eigenvalue weighted by Crippen LogP contribution is -2.41. The normalized spacial score (nSPS) is 16.8. The summed E-state index contributed by atoms with van der Waals surface area (Å²) in [7, 11) is -1.96. The fourth-order valence-electron chi connectivity index (χ4n) is 3.03. The minimum Gasteiger partial charge on any atom is -0.378 e. The zero-order chi connectivity index (χ0) is 20.0. The van der Waals surface area contributed by atoms with Crippen LogP contribution in [0, 0.1) is 0 Å². The van der Waals surface area contributed by atoms with Crippen LogP contribution in [-0.2, 0) is 19.6 Å². The summed E-state index contributed by atoms with van der Waals surface area (Å²) in [6, 6.07) is 6.18. The van der Waals surface area contributed by atoms with Crippen LogP contribution in [0.1, 0.15) is 33.6 Å². The van der Waals surface area contributed by atoms with Crippen LogP contribution >= 0.6 is 0 Å². The largest absolute Gasteiger partial charge is 0.378 e. The highest BCUT2D eigenvalue weighted by Gasteiger charge is 2.23. The molecule has 0 bridgehead atoms. The number of anilines is 1. The predicted molar refractivity (Wildman–Crippen MR) is 106 cm³/mol. The van der Waals surface area contributed by atoms with E-state index in [9.17, 15) is 13.2 Å². The Morgan fingerprint density at radius 1 is 1.26 bits per heavy atom. The van der Waals surface area contributed by atoms with Crippen LogP contribution in [0.25, 0.3) is 0 Å². The molecular weight excluding hydrogens is 366 g/mol. The van der Waals surface area contributed by atoms with E-state index in [1.165, 1.54) is 16.4 Å². The van der Waals surface area contributed by atoms with Gasteiger partial charge in [0, 0.05) is 38.5 Å². The van der Waals surface area contributed by atoms with Gasteiger partial charge < -0.3 is 10.1 Å². The summed E-state index contributed by atoms with van der Waals surface area (Å²) in [6.45, 7) is 8.39. The zero-order valence-electron chi connectivity index (χ0n) is 16.6. The molecule has 0 spiro atoms. The van der Waals surface area contributed by atoms with E-state index in [1.54, 1.807) is 19.2 Å². The van der Waals surface area contributed by atoms with E-state index in [1.807, 2.05) is 20.8 Å². The summed E-state index contributed by atoms with van der Waals surface area (Å²) in [4.78, 5) is 14.6. The molecule has 1 saturated heterocycles. The van der Waals surface area contributed by atoms with Gasteiger partial charge in [-0.15, -0.1) is 0 Å². The van der Waals surface area contributed by atoms with Gasteiger partial charge in [-0.3, -0.25) is 9.69 Å². The molecule has 1 aromatic rings. The Kier molecular flexibility index (Phi) is 7.79. The third kappa shape index (κ3) is 6.00. The van der Waals surface area contributed by atoms with E-state index in [0.29, 0.717) is 18.3 Å². The molecule has 1 N–H and O–H groups in total. The number of carbonyl (C=O) groups is 1. The lowest BCUT2D eigenvalue weighted by molar-refractivity contribution is -0.118. The van der Waals surface area contributed by atoms with E-state index in [-0.39, 0.29) is 16.8 Å². The maximum Gasteiger partial charge on any atom is 0.243 e. The molecule has 0 radical (unpaired) electrons. The van der Waals surface area contributed by atoms with Gasteiger partial charge in [0.1, 0.15) is 0 Å². The SMILES string of the molecule is CCOC1CCN(CC(=O)Nc2ccc(S(=O)(=O)N(C)C(C)C)cc2)CC1. The van der Waals surface area contributed by atoms with E-state index < -0.39 is 10.0 Å². The van der Waals surface area contributed by atoms with Crippen LogP contribution < -0.4 is 5.32 Å². The third-order valence-electron chi connectivity index (χ3n) is 4.85. The first kappa shape index (κ1) is 21.8. The van der Waals surface area contributed by atoms with Crippen molar-refractivity contribution in [3.05, 3.63) is 24.3 Å². The van der Waals surface area contributed by atoms with Gasteiger partial charge >= 0.3 is 0 Å². The first-order chi connectivity index (χ1) is 12.7. The van der Waals surface area contributed by atoms with Crippen molar-refractivity contribution < 1.29 is 17.9 Å². The Bertz CT molecular complexity index is 711. The third-order valence-corrected chi connectivity index (χ3v) is 6.89. The predicted octanol–water partition coefficient (Wildman–Crippen LogP) is 2.15. The topological polar surface area (TPSA) is 79.0 Å². The zero-order valence-corrected chi connectivity index (χ0v) is 17.5. The maximum absolute atomic E-state index is 12.5. The second-order valence-corrected chi connectivity index (χ2v) is 9.12. The molecule has 0 atom stereocenters. The number of rotatable bonds is 8. The van der Waals surface area contributed by atoms with Crippen LogP contribution in [0.15, 0.2) is 29.2 Å². The number of piperidine rings is 1. The van der Waals surface area contributed by atoms with Crippen molar-refractivity contribution in [3.63, 3.8) is 0 Å². The molecule has 7 nitrogen and oxygen atoms in total. The number of amides is 1. The van der Waals surface area contributed by atoms with Crippen LogP contribution in [0.4, 0.5) is 5.69 Å². The molecule has 1 amide bonds. The molecule has 2 rings (SSSR count). The van der Waals surface area contributed by atoms with E-state index in [0.717, 1.165) is 32.5 Å². The Balaban J connectivity index is 1.88. The number of hydrogen-bond acceptors (Lipinski definition) is 5.